The van der Waals surface area contributed by atoms with E-state index in [2.05, 4.69) is 4.98 Å². The van der Waals surface area contributed by atoms with E-state index in [9.17, 15) is 13.2 Å². The normalized spacial score (nSPS) is 12.2. The summed E-state index contributed by atoms with van der Waals surface area (Å²) in [7, 11) is -1.08. The summed E-state index contributed by atoms with van der Waals surface area (Å²) in [5.41, 5.74) is 11.6. The first kappa shape index (κ1) is 13.3. The van der Waals surface area contributed by atoms with Crippen LogP contribution in [0, 0.1) is 0 Å². The number of rotatable bonds is 3. The predicted molar refractivity (Wildman–Crippen MR) is 70.7 cm³/mol. The van der Waals surface area contributed by atoms with Gasteiger partial charge in [0.1, 0.15) is 0 Å². The van der Waals surface area contributed by atoms with Crippen LogP contribution in [0.3, 0.4) is 0 Å². The summed E-state index contributed by atoms with van der Waals surface area (Å²) in [5.74, 6) is -0.833. The predicted octanol–water partition coefficient (Wildman–Crippen LogP) is -0.628. The van der Waals surface area contributed by atoms with Crippen molar-refractivity contribution in [2.24, 2.45) is 5.73 Å². The maximum absolute atomic E-state index is 12.2. The zero-order valence-electron chi connectivity index (χ0n) is 10.4. The molecule has 2 rings (SSSR count). The molecule has 0 unspecified atom stereocenters. The van der Waals surface area contributed by atoms with E-state index in [4.69, 9.17) is 11.5 Å². The van der Waals surface area contributed by atoms with Crippen molar-refractivity contribution in [1.82, 2.24) is 13.3 Å². The first-order valence-electron chi connectivity index (χ1n) is 5.26. The van der Waals surface area contributed by atoms with Gasteiger partial charge in [-0.25, -0.2) is 4.98 Å². The summed E-state index contributed by atoms with van der Waals surface area (Å²) in [5, 5.41) is 0. The van der Waals surface area contributed by atoms with Crippen molar-refractivity contribution in [3.63, 3.8) is 0 Å². The summed E-state index contributed by atoms with van der Waals surface area (Å²) >= 11 is 0. The Labute approximate surface area is 109 Å². The maximum Gasteiger partial charge on any atom is 0.310 e. The van der Waals surface area contributed by atoms with Crippen LogP contribution >= 0.6 is 0 Å². The van der Waals surface area contributed by atoms with Gasteiger partial charge in [0, 0.05) is 19.7 Å². The number of imidazole rings is 1. The molecule has 1 aromatic heterocycles. The molecule has 0 fully saturated rings. The van der Waals surface area contributed by atoms with Crippen molar-refractivity contribution >= 4 is 33.1 Å². The van der Waals surface area contributed by atoms with Crippen LogP contribution in [0.4, 0.5) is 5.95 Å². The molecule has 0 aliphatic carbocycles. The third-order valence-corrected chi connectivity index (χ3v) is 4.38. The molecule has 0 aliphatic rings. The molecule has 0 radical (unpaired) electrons. The van der Waals surface area contributed by atoms with E-state index < -0.39 is 16.1 Å². The van der Waals surface area contributed by atoms with Crippen LogP contribution in [0.25, 0.3) is 11.0 Å². The molecule has 1 amide bonds. The molecule has 0 aliphatic heterocycles. The summed E-state index contributed by atoms with van der Waals surface area (Å²) < 4.78 is 26.2. The third kappa shape index (κ3) is 2.02. The van der Waals surface area contributed by atoms with Crippen LogP contribution in [-0.4, -0.2) is 41.7 Å². The number of primary amides is 1. The molecule has 0 saturated heterocycles. The number of nitrogens with zero attached hydrogens (tertiary/aromatic N) is 3. The van der Waals surface area contributed by atoms with Crippen molar-refractivity contribution in [3.8, 4) is 0 Å². The number of aromatic nitrogens is 2. The highest BCUT2D eigenvalue weighted by Crippen LogP contribution is 2.22. The summed E-state index contributed by atoms with van der Waals surface area (Å²) in [6.45, 7) is 0. The molecule has 0 saturated carbocycles. The SMILES string of the molecule is CN(C)S(=O)(=O)n1c(N)nc2ccc(C(N)=O)cc21. The van der Waals surface area contributed by atoms with Crippen LogP contribution in [0.15, 0.2) is 18.2 Å². The smallest absolute Gasteiger partial charge is 0.310 e. The minimum Gasteiger partial charge on any atom is -0.368 e. The zero-order chi connectivity index (χ0) is 14.4. The average Bonchev–Trinajstić information content (AvgIpc) is 2.63. The summed E-state index contributed by atoms with van der Waals surface area (Å²) in [6.07, 6.45) is 0. The molecule has 8 nitrogen and oxygen atoms in total. The van der Waals surface area contributed by atoms with Crippen LogP contribution in [0.5, 0.6) is 0 Å². The monoisotopic (exact) mass is 283 g/mol. The second kappa shape index (κ2) is 4.21. The van der Waals surface area contributed by atoms with Gasteiger partial charge in [-0.05, 0) is 18.2 Å². The van der Waals surface area contributed by atoms with Gasteiger partial charge in [-0.3, -0.25) is 4.79 Å². The van der Waals surface area contributed by atoms with Gasteiger partial charge in [0.25, 0.3) is 0 Å². The topological polar surface area (TPSA) is 124 Å². The lowest BCUT2D eigenvalue weighted by atomic mass is 10.2. The molecule has 2 aromatic rings. The second-order valence-corrected chi connectivity index (χ2v) is 6.08. The number of anilines is 1. The number of carbonyl (C=O) groups excluding carboxylic acids is 1. The molecular weight excluding hydrogens is 270 g/mol. The van der Waals surface area contributed by atoms with Gasteiger partial charge < -0.3 is 11.5 Å². The van der Waals surface area contributed by atoms with E-state index >= 15 is 0 Å². The fourth-order valence-electron chi connectivity index (χ4n) is 1.63. The summed E-state index contributed by atoms with van der Waals surface area (Å²) in [6, 6.07) is 4.30. The maximum atomic E-state index is 12.2. The van der Waals surface area contributed by atoms with E-state index in [-0.39, 0.29) is 17.0 Å². The van der Waals surface area contributed by atoms with Crippen molar-refractivity contribution in [3.05, 3.63) is 23.8 Å². The Kier molecular flexibility index (Phi) is 2.95. The Morgan fingerprint density at radius 3 is 2.53 bits per heavy atom. The number of nitrogens with two attached hydrogens (primary N) is 2. The fourth-order valence-corrected chi connectivity index (χ4v) is 2.63. The van der Waals surface area contributed by atoms with Gasteiger partial charge >= 0.3 is 10.2 Å². The highest BCUT2D eigenvalue weighted by molar-refractivity contribution is 7.87. The number of fused-ring (bicyclic) bond motifs is 1. The van der Waals surface area contributed by atoms with Gasteiger partial charge in [0.15, 0.2) is 0 Å². The number of benzene rings is 1. The summed E-state index contributed by atoms with van der Waals surface area (Å²) in [4.78, 5) is 15.1. The van der Waals surface area contributed by atoms with Crippen molar-refractivity contribution in [2.45, 2.75) is 0 Å². The standard InChI is InChI=1S/C10H13N5O3S/c1-14(2)19(17,18)15-8-5-6(9(11)16)3-4-7(8)13-10(15)12/h3-5H,1-2H3,(H2,11,16)(H2,12,13). The van der Waals surface area contributed by atoms with Crippen molar-refractivity contribution < 1.29 is 13.2 Å². The van der Waals surface area contributed by atoms with Gasteiger partial charge in [-0.15, -0.1) is 0 Å². The lowest BCUT2D eigenvalue weighted by Gasteiger charge is -2.13. The molecule has 1 heterocycles. The minimum atomic E-state index is -3.82. The highest BCUT2D eigenvalue weighted by Gasteiger charge is 2.23. The van der Waals surface area contributed by atoms with Crippen LogP contribution in [-0.2, 0) is 10.2 Å². The van der Waals surface area contributed by atoms with E-state index in [1.807, 2.05) is 0 Å². The molecule has 0 bridgehead atoms. The third-order valence-electron chi connectivity index (χ3n) is 2.61. The van der Waals surface area contributed by atoms with E-state index in [0.717, 1.165) is 8.28 Å². The number of amides is 1. The van der Waals surface area contributed by atoms with Gasteiger partial charge in [-0.2, -0.15) is 16.7 Å². The Hall–Kier alpha value is -2.13. The zero-order valence-corrected chi connectivity index (χ0v) is 11.2. The first-order valence-corrected chi connectivity index (χ1v) is 6.65. The molecule has 0 atom stereocenters. The largest absolute Gasteiger partial charge is 0.368 e. The average molecular weight is 283 g/mol. The van der Waals surface area contributed by atoms with E-state index in [0.29, 0.717) is 5.52 Å². The Balaban J connectivity index is 2.84. The Bertz CT molecular complexity index is 763. The molecule has 102 valence electrons. The Morgan fingerprint density at radius 2 is 2.00 bits per heavy atom. The molecule has 4 N–H and O–H groups in total. The Morgan fingerprint density at radius 1 is 1.37 bits per heavy atom. The molecular formula is C10H13N5O3S. The molecule has 9 heteroatoms. The first-order chi connectivity index (χ1) is 8.75. The molecule has 0 spiro atoms. The molecule has 1 aromatic carbocycles. The number of hydrogen-bond acceptors (Lipinski definition) is 5. The number of hydrogen-bond donors (Lipinski definition) is 2. The van der Waals surface area contributed by atoms with Crippen molar-refractivity contribution in [1.29, 1.82) is 0 Å². The van der Waals surface area contributed by atoms with Crippen LogP contribution in [0.2, 0.25) is 0 Å². The van der Waals surface area contributed by atoms with Gasteiger partial charge in [-0.1, -0.05) is 0 Å². The lowest BCUT2D eigenvalue weighted by Crippen LogP contribution is -2.29. The second-order valence-electron chi connectivity index (χ2n) is 4.09. The van der Waals surface area contributed by atoms with Crippen LogP contribution < -0.4 is 11.5 Å². The number of carbonyl (C=O) groups is 1. The van der Waals surface area contributed by atoms with Crippen LogP contribution in [0.1, 0.15) is 10.4 Å². The highest BCUT2D eigenvalue weighted by atomic mass is 32.2. The fraction of sp³-hybridized carbons (Fsp3) is 0.200. The quantitative estimate of drug-likeness (QED) is 0.776. The van der Waals surface area contributed by atoms with Gasteiger partial charge in [0.2, 0.25) is 11.9 Å². The minimum absolute atomic E-state index is 0.176. The lowest BCUT2D eigenvalue weighted by molar-refractivity contribution is 0.100. The van der Waals surface area contributed by atoms with E-state index in [1.54, 1.807) is 0 Å². The number of nitrogen functional groups attached to an aromatic ring is 1. The van der Waals surface area contributed by atoms with Gasteiger partial charge in [0.05, 0.1) is 11.0 Å². The van der Waals surface area contributed by atoms with Crippen molar-refractivity contribution in [2.75, 3.05) is 19.8 Å². The van der Waals surface area contributed by atoms with E-state index in [1.165, 1.54) is 32.3 Å². The molecule has 19 heavy (non-hydrogen) atoms.